The number of nitrogens with one attached hydrogen (secondary N) is 2. The topological polar surface area (TPSA) is 97.6 Å². The maximum atomic E-state index is 12.4. The Hall–Kier alpha value is -3.09. The van der Waals surface area contributed by atoms with Crippen LogP contribution in [0.4, 0.5) is 5.69 Å². The summed E-state index contributed by atoms with van der Waals surface area (Å²) < 4.78 is 9.87. The van der Waals surface area contributed by atoms with E-state index >= 15 is 0 Å². The zero-order valence-electron chi connectivity index (χ0n) is 13.4. The first kappa shape index (κ1) is 17.3. The number of carbonyl (C=O) groups excluding carboxylic acids is 3. The Balaban J connectivity index is 2.11. The smallest absolute Gasteiger partial charge is 0.328 e. The highest BCUT2D eigenvalue weighted by atomic mass is 16.5. The largest absolute Gasteiger partial charge is 0.464 e. The van der Waals surface area contributed by atoms with Crippen molar-refractivity contribution >= 4 is 23.5 Å². The summed E-state index contributed by atoms with van der Waals surface area (Å²) in [6.07, 6.45) is 1.38. The number of ether oxygens (including phenoxy) is 1. The van der Waals surface area contributed by atoms with Crippen molar-refractivity contribution in [1.82, 2.24) is 5.32 Å². The molecule has 7 nitrogen and oxygen atoms in total. The van der Waals surface area contributed by atoms with Gasteiger partial charge in [-0.2, -0.15) is 0 Å². The molecule has 126 valence electrons. The minimum Gasteiger partial charge on any atom is -0.464 e. The van der Waals surface area contributed by atoms with Crippen LogP contribution in [0.2, 0.25) is 0 Å². The van der Waals surface area contributed by atoms with Gasteiger partial charge < -0.3 is 19.8 Å². The van der Waals surface area contributed by atoms with E-state index in [1.807, 2.05) is 0 Å². The molecule has 0 unspecified atom stereocenters. The fourth-order valence-corrected chi connectivity index (χ4v) is 1.98. The first-order valence-corrected chi connectivity index (χ1v) is 7.44. The fraction of sp³-hybridized carbons (Fsp3) is 0.235. The van der Waals surface area contributed by atoms with Crippen molar-refractivity contribution < 1.29 is 23.5 Å². The van der Waals surface area contributed by atoms with Crippen LogP contribution in [-0.4, -0.2) is 30.4 Å². The van der Waals surface area contributed by atoms with Crippen molar-refractivity contribution in [2.75, 3.05) is 11.9 Å². The number of rotatable bonds is 6. The number of hydrogen-bond acceptors (Lipinski definition) is 5. The highest BCUT2D eigenvalue weighted by molar-refractivity contribution is 6.08. The average molecular weight is 330 g/mol. The van der Waals surface area contributed by atoms with Crippen molar-refractivity contribution in [1.29, 1.82) is 0 Å². The molecule has 1 heterocycles. The highest BCUT2D eigenvalue weighted by Crippen LogP contribution is 2.16. The lowest BCUT2D eigenvalue weighted by molar-refractivity contribution is -0.144. The predicted octanol–water partition coefficient (Wildman–Crippen LogP) is 2.21. The molecule has 0 bridgehead atoms. The molecule has 0 aliphatic heterocycles. The van der Waals surface area contributed by atoms with E-state index in [1.54, 1.807) is 37.3 Å². The molecule has 0 fully saturated rings. The summed E-state index contributed by atoms with van der Waals surface area (Å²) in [5.41, 5.74) is 0.543. The van der Waals surface area contributed by atoms with Crippen LogP contribution < -0.4 is 10.6 Å². The van der Waals surface area contributed by atoms with Gasteiger partial charge in [-0.3, -0.25) is 9.59 Å². The Morgan fingerprint density at radius 2 is 1.88 bits per heavy atom. The molecule has 0 aliphatic rings. The van der Waals surface area contributed by atoms with Gasteiger partial charge in [0.25, 0.3) is 11.8 Å². The van der Waals surface area contributed by atoms with E-state index in [9.17, 15) is 14.4 Å². The molecule has 2 N–H and O–H groups in total. The van der Waals surface area contributed by atoms with Crippen LogP contribution in [0.5, 0.6) is 0 Å². The lowest BCUT2D eigenvalue weighted by Gasteiger charge is -2.14. The predicted molar refractivity (Wildman–Crippen MR) is 86.7 cm³/mol. The van der Waals surface area contributed by atoms with Crippen LogP contribution in [0.25, 0.3) is 0 Å². The Morgan fingerprint density at radius 3 is 2.54 bits per heavy atom. The van der Waals surface area contributed by atoms with Crippen LogP contribution in [-0.2, 0) is 9.53 Å². The van der Waals surface area contributed by atoms with Crippen molar-refractivity contribution in [3.8, 4) is 0 Å². The molecule has 0 saturated carbocycles. The summed E-state index contributed by atoms with van der Waals surface area (Å²) in [7, 11) is 0. The zero-order chi connectivity index (χ0) is 17.5. The molecule has 0 radical (unpaired) electrons. The van der Waals surface area contributed by atoms with Crippen molar-refractivity contribution in [3.63, 3.8) is 0 Å². The van der Waals surface area contributed by atoms with Gasteiger partial charge in [0.1, 0.15) is 6.04 Å². The molecular formula is C17H18N2O5. The third-order valence-electron chi connectivity index (χ3n) is 3.15. The van der Waals surface area contributed by atoms with Gasteiger partial charge in [0.2, 0.25) is 0 Å². The summed E-state index contributed by atoms with van der Waals surface area (Å²) in [4.78, 5) is 36.0. The molecule has 2 aromatic rings. The molecule has 24 heavy (non-hydrogen) atoms. The minimum absolute atomic E-state index is 0.130. The Kier molecular flexibility index (Phi) is 5.73. The Morgan fingerprint density at radius 1 is 1.12 bits per heavy atom. The molecule has 0 saturated heterocycles. The van der Waals surface area contributed by atoms with Crippen LogP contribution >= 0.6 is 0 Å². The van der Waals surface area contributed by atoms with Gasteiger partial charge in [0, 0.05) is 0 Å². The third-order valence-corrected chi connectivity index (χ3v) is 3.15. The van der Waals surface area contributed by atoms with Gasteiger partial charge in [-0.25, -0.2) is 4.79 Å². The first-order valence-electron chi connectivity index (χ1n) is 7.44. The van der Waals surface area contributed by atoms with Crippen molar-refractivity contribution in [2.45, 2.75) is 19.9 Å². The second-order valence-corrected chi connectivity index (χ2v) is 4.92. The number of benzene rings is 1. The van der Waals surface area contributed by atoms with Crippen molar-refractivity contribution in [2.24, 2.45) is 0 Å². The van der Waals surface area contributed by atoms with Gasteiger partial charge in [-0.1, -0.05) is 12.1 Å². The van der Waals surface area contributed by atoms with Crippen LogP contribution in [0.3, 0.4) is 0 Å². The SMILES string of the molecule is CCOC(=O)[C@H](C)NC(=O)c1ccccc1NC(=O)c1ccco1. The Labute approximate surface area is 139 Å². The van der Waals surface area contributed by atoms with E-state index < -0.39 is 23.8 Å². The number of hydrogen-bond donors (Lipinski definition) is 2. The van der Waals surface area contributed by atoms with Gasteiger partial charge in [-0.15, -0.1) is 0 Å². The number of para-hydroxylation sites is 1. The van der Waals surface area contributed by atoms with Crippen LogP contribution in [0, 0.1) is 0 Å². The normalized spacial score (nSPS) is 11.4. The summed E-state index contributed by atoms with van der Waals surface area (Å²) in [6, 6.07) is 8.78. The van der Waals surface area contributed by atoms with E-state index in [4.69, 9.17) is 9.15 Å². The molecule has 1 aromatic heterocycles. The van der Waals surface area contributed by atoms with Gasteiger partial charge >= 0.3 is 5.97 Å². The van der Waals surface area contributed by atoms with E-state index in [0.717, 1.165) is 0 Å². The van der Waals surface area contributed by atoms with Crippen LogP contribution in [0.15, 0.2) is 47.1 Å². The maximum Gasteiger partial charge on any atom is 0.328 e. The molecule has 1 atom stereocenters. The highest BCUT2D eigenvalue weighted by Gasteiger charge is 2.20. The van der Waals surface area contributed by atoms with Gasteiger partial charge in [0.15, 0.2) is 5.76 Å². The summed E-state index contributed by atoms with van der Waals surface area (Å²) in [6.45, 7) is 3.45. The molecule has 2 rings (SSSR count). The van der Waals surface area contributed by atoms with E-state index in [0.29, 0.717) is 5.69 Å². The monoisotopic (exact) mass is 330 g/mol. The lowest BCUT2D eigenvalue weighted by Crippen LogP contribution is -2.39. The zero-order valence-corrected chi connectivity index (χ0v) is 13.4. The van der Waals surface area contributed by atoms with Gasteiger partial charge in [-0.05, 0) is 38.1 Å². The number of anilines is 1. The van der Waals surface area contributed by atoms with E-state index in [-0.39, 0.29) is 17.9 Å². The number of amides is 2. The summed E-state index contributed by atoms with van der Waals surface area (Å²) >= 11 is 0. The number of esters is 1. The Bertz CT molecular complexity index is 724. The first-order chi connectivity index (χ1) is 11.5. The summed E-state index contributed by atoms with van der Waals surface area (Å²) in [5, 5.41) is 5.15. The fourth-order valence-electron chi connectivity index (χ4n) is 1.98. The molecule has 7 heteroatoms. The second kappa shape index (κ2) is 7.96. The molecular weight excluding hydrogens is 312 g/mol. The minimum atomic E-state index is -0.800. The van der Waals surface area contributed by atoms with E-state index in [1.165, 1.54) is 19.3 Å². The number of furan rings is 1. The molecule has 0 spiro atoms. The van der Waals surface area contributed by atoms with E-state index in [2.05, 4.69) is 10.6 Å². The van der Waals surface area contributed by atoms with Gasteiger partial charge in [0.05, 0.1) is 24.1 Å². The maximum absolute atomic E-state index is 12.4. The van der Waals surface area contributed by atoms with Crippen molar-refractivity contribution in [3.05, 3.63) is 54.0 Å². The average Bonchev–Trinajstić information content (AvgIpc) is 3.10. The molecule has 0 aliphatic carbocycles. The summed E-state index contributed by atoms with van der Waals surface area (Å²) in [5.74, 6) is -1.36. The van der Waals surface area contributed by atoms with Crippen LogP contribution in [0.1, 0.15) is 34.8 Å². The molecule has 2 amide bonds. The second-order valence-electron chi connectivity index (χ2n) is 4.92. The quantitative estimate of drug-likeness (QED) is 0.791. The third kappa shape index (κ3) is 4.22. The number of carbonyl (C=O) groups is 3. The lowest BCUT2D eigenvalue weighted by atomic mass is 10.1. The molecule has 1 aromatic carbocycles. The standard InChI is InChI=1S/C17H18N2O5/c1-3-23-17(22)11(2)18-15(20)12-7-4-5-8-13(12)19-16(21)14-9-6-10-24-14/h4-11H,3H2,1-2H3,(H,18,20)(H,19,21)/t11-/m0/s1.